The predicted molar refractivity (Wildman–Crippen MR) is 80.5 cm³/mol. The van der Waals surface area contributed by atoms with Crippen LogP contribution in [0.5, 0.6) is 0 Å². The van der Waals surface area contributed by atoms with E-state index in [1.54, 1.807) is 10.9 Å². The standard InChI is InChI=1S/C14H21ClN4O/c1-10-8-18(6-5-16-10)13-12(15)7-17-19(14(13)20)9-11-3-2-4-11/h7,10-11,16H,2-6,8-9H2,1H3/t10-/m0/s1. The highest BCUT2D eigenvalue weighted by molar-refractivity contribution is 6.33. The first-order valence-corrected chi connectivity index (χ1v) is 7.77. The van der Waals surface area contributed by atoms with Crippen LogP contribution in [0.4, 0.5) is 5.69 Å². The minimum atomic E-state index is -0.0431. The second-order valence-electron chi connectivity index (χ2n) is 5.93. The van der Waals surface area contributed by atoms with Crippen LogP contribution < -0.4 is 15.8 Å². The van der Waals surface area contributed by atoms with Gasteiger partial charge in [-0.25, -0.2) is 4.68 Å². The highest BCUT2D eigenvalue weighted by Gasteiger charge is 2.24. The molecule has 1 saturated carbocycles. The van der Waals surface area contributed by atoms with Crippen LogP contribution in [0, 0.1) is 5.92 Å². The molecule has 2 aliphatic rings. The summed E-state index contributed by atoms with van der Waals surface area (Å²) in [6.07, 6.45) is 5.30. The van der Waals surface area contributed by atoms with Crippen LogP contribution in [0.25, 0.3) is 0 Å². The zero-order valence-corrected chi connectivity index (χ0v) is 12.6. The molecule has 5 nitrogen and oxygen atoms in total. The fourth-order valence-electron chi connectivity index (χ4n) is 2.93. The Labute approximate surface area is 123 Å². The number of piperazine rings is 1. The quantitative estimate of drug-likeness (QED) is 0.918. The zero-order valence-electron chi connectivity index (χ0n) is 11.8. The predicted octanol–water partition coefficient (Wildman–Crippen LogP) is 1.49. The lowest BCUT2D eigenvalue weighted by Crippen LogP contribution is -2.51. The van der Waals surface area contributed by atoms with Gasteiger partial charge in [-0.3, -0.25) is 4.79 Å². The largest absolute Gasteiger partial charge is 0.363 e. The first-order chi connectivity index (χ1) is 9.65. The van der Waals surface area contributed by atoms with Gasteiger partial charge in [-0.2, -0.15) is 5.10 Å². The SMILES string of the molecule is C[C@H]1CN(c2c(Cl)cnn(CC3CCC3)c2=O)CCN1. The number of nitrogens with one attached hydrogen (secondary N) is 1. The van der Waals surface area contributed by atoms with Crippen LogP contribution in [0.2, 0.25) is 5.02 Å². The first kappa shape index (κ1) is 13.9. The summed E-state index contributed by atoms with van der Waals surface area (Å²) in [5, 5.41) is 8.05. The van der Waals surface area contributed by atoms with E-state index >= 15 is 0 Å². The molecule has 2 heterocycles. The van der Waals surface area contributed by atoms with Crippen molar-refractivity contribution in [2.24, 2.45) is 5.92 Å². The van der Waals surface area contributed by atoms with Gasteiger partial charge < -0.3 is 10.2 Å². The summed E-state index contributed by atoms with van der Waals surface area (Å²) in [7, 11) is 0. The molecule has 2 fully saturated rings. The molecule has 0 spiro atoms. The van der Waals surface area contributed by atoms with E-state index < -0.39 is 0 Å². The van der Waals surface area contributed by atoms with Gasteiger partial charge in [0.15, 0.2) is 0 Å². The Morgan fingerprint density at radius 1 is 1.50 bits per heavy atom. The van der Waals surface area contributed by atoms with Gasteiger partial charge in [0.2, 0.25) is 0 Å². The molecule has 1 aliphatic heterocycles. The number of hydrogen-bond acceptors (Lipinski definition) is 4. The molecule has 1 saturated heterocycles. The van der Waals surface area contributed by atoms with Crippen molar-refractivity contribution in [2.45, 2.75) is 38.8 Å². The number of rotatable bonds is 3. The van der Waals surface area contributed by atoms with Crippen LogP contribution in [-0.2, 0) is 6.54 Å². The van der Waals surface area contributed by atoms with Gasteiger partial charge in [-0.15, -0.1) is 0 Å². The highest BCUT2D eigenvalue weighted by atomic mass is 35.5. The second kappa shape index (κ2) is 5.74. The first-order valence-electron chi connectivity index (χ1n) is 7.39. The summed E-state index contributed by atoms with van der Waals surface area (Å²) in [5.41, 5.74) is 0.577. The molecule has 1 N–H and O–H groups in total. The fourth-order valence-corrected chi connectivity index (χ4v) is 3.17. The molecule has 110 valence electrons. The summed E-state index contributed by atoms with van der Waals surface area (Å²) >= 11 is 6.23. The Balaban J connectivity index is 1.88. The Morgan fingerprint density at radius 2 is 2.30 bits per heavy atom. The van der Waals surface area contributed by atoms with Crippen molar-refractivity contribution < 1.29 is 0 Å². The number of aromatic nitrogens is 2. The molecule has 0 unspecified atom stereocenters. The monoisotopic (exact) mass is 296 g/mol. The lowest BCUT2D eigenvalue weighted by Gasteiger charge is -2.34. The molecule has 0 aromatic carbocycles. The highest BCUT2D eigenvalue weighted by Crippen LogP contribution is 2.28. The van der Waals surface area contributed by atoms with Gasteiger partial charge in [-0.1, -0.05) is 18.0 Å². The Bertz CT molecular complexity index is 540. The Morgan fingerprint density at radius 3 is 2.95 bits per heavy atom. The zero-order chi connectivity index (χ0) is 14.1. The van der Waals surface area contributed by atoms with E-state index in [0.29, 0.717) is 22.7 Å². The van der Waals surface area contributed by atoms with Gasteiger partial charge in [-0.05, 0) is 25.7 Å². The molecule has 3 rings (SSSR count). The lowest BCUT2D eigenvalue weighted by molar-refractivity contribution is 0.261. The maximum absolute atomic E-state index is 12.6. The maximum atomic E-state index is 12.6. The topological polar surface area (TPSA) is 50.2 Å². The molecule has 0 radical (unpaired) electrons. The molecule has 6 heteroatoms. The summed E-state index contributed by atoms with van der Waals surface area (Å²) in [5.74, 6) is 0.608. The van der Waals surface area contributed by atoms with E-state index in [1.165, 1.54) is 19.3 Å². The van der Waals surface area contributed by atoms with Crippen LogP contribution in [0.1, 0.15) is 26.2 Å². The van der Waals surface area contributed by atoms with Crippen molar-refractivity contribution in [2.75, 3.05) is 24.5 Å². The molecule has 1 aromatic heterocycles. The molecule has 20 heavy (non-hydrogen) atoms. The Hall–Kier alpha value is -1.07. The van der Waals surface area contributed by atoms with Gasteiger partial charge in [0.05, 0.1) is 11.2 Å². The molecule has 1 atom stereocenters. The molecular formula is C14H21ClN4O. The molecular weight excluding hydrogens is 276 g/mol. The van der Waals surface area contributed by atoms with Gasteiger partial charge in [0.25, 0.3) is 5.56 Å². The summed E-state index contributed by atoms with van der Waals surface area (Å²) < 4.78 is 1.59. The third-order valence-corrected chi connectivity index (χ3v) is 4.59. The van der Waals surface area contributed by atoms with Crippen LogP contribution >= 0.6 is 11.6 Å². The number of anilines is 1. The third kappa shape index (κ3) is 2.69. The maximum Gasteiger partial charge on any atom is 0.291 e. The molecule has 1 aromatic rings. The van der Waals surface area contributed by atoms with Crippen molar-refractivity contribution in [1.82, 2.24) is 15.1 Å². The third-order valence-electron chi connectivity index (χ3n) is 4.31. The van der Waals surface area contributed by atoms with Gasteiger partial charge in [0.1, 0.15) is 5.69 Å². The van der Waals surface area contributed by atoms with Crippen LogP contribution in [0.3, 0.4) is 0 Å². The molecule has 1 aliphatic carbocycles. The van der Waals surface area contributed by atoms with E-state index in [-0.39, 0.29) is 5.56 Å². The van der Waals surface area contributed by atoms with Crippen LogP contribution in [-0.4, -0.2) is 35.5 Å². The molecule has 0 bridgehead atoms. The minimum absolute atomic E-state index is 0.0431. The minimum Gasteiger partial charge on any atom is -0.363 e. The van der Waals surface area contributed by atoms with Gasteiger partial charge >= 0.3 is 0 Å². The normalized spacial score (nSPS) is 23.7. The average molecular weight is 297 g/mol. The van der Waals surface area contributed by atoms with Crippen molar-refractivity contribution in [3.63, 3.8) is 0 Å². The summed E-state index contributed by atoms with van der Waals surface area (Å²) in [4.78, 5) is 14.7. The van der Waals surface area contributed by atoms with Crippen molar-refractivity contribution in [1.29, 1.82) is 0 Å². The smallest absolute Gasteiger partial charge is 0.291 e. The van der Waals surface area contributed by atoms with Gasteiger partial charge in [0, 0.05) is 32.2 Å². The number of nitrogens with zero attached hydrogens (tertiary/aromatic N) is 3. The van der Waals surface area contributed by atoms with E-state index in [4.69, 9.17) is 11.6 Å². The number of hydrogen-bond donors (Lipinski definition) is 1. The van der Waals surface area contributed by atoms with Crippen molar-refractivity contribution >= 4 is 17.3 Å². The molecule has 0 amide bonds. The number of halogens is 1. The van der Waals surface area contributed by atoms with E-state index in [1.807, 2.05) is 0 Å². The van der Waals surface area contributed by atoms with E-state index in [0.717, 1.165) is 26.2 Å². The van der Waals surface area contributed by atoms with Crippen molar-refractivity contribution in [3.05, 3.63) is 21.6 Å². The fraction of sp³-hybridized carbons (Fsp3) is 0.714. The Kier molecular flexibility index (Phi) is 3.98. The summed E-state index contributed by atoms with van der Waals surface area (Å²) in [6, 6.07) is 0.368. The second-order valence-corrected chi connectivity index (χ2v) is 6.33. The van der Waals surface area contributed by atoms with E-state index in [2.05, 4.69) is 22.2 Å². The summed E-state index contributed by atoms with van der Waals surface area (Å²) in [6.45, 7) is 5.34. The van der Waals surface area contributed by atoms with E-state index in [9.17, 15) is 4.79 Å². The lowest BCUT2D eigenvalue weighted by atomic mass is 9.85. The van der Waals surface area contributed by atoms with Crippen LogP contribution in [0.15, 0.2) is 11.0 Å². The van der Waals surface area contributed by atoms with Crippen molar-refractivity contribution in [3.8, 4) is 0 Å². The average Bonchev–Trinajstić information content (AvgIpc) is 2.36.